The largest absolute Gasteiger partial charge is 0.352 e. The number of thiophene rings is 1. The standard InChI is InChI=1S/C21H22N4O3S/c26-18(7-2-8-19-24-20(25-28-19)17-6-3-11-29-17)22-13-14-4-1-5-16(12-14)23-21(27)15-9-10-15/h1,3-6,11-12,15H,2,7-10,13H2,(H,22,26)(H,23,27). The summed E-state index contributed by atoms with van der Waals surface area (Å²) in [4.78, 5) is 29.3. The van der Waals surface area contributed by atoms with Gasteiger partial charge < -0.3 is 15.2 Å². The number of nitrogens with one attached hydrogen (secondary N) is 2. The van der Waals surface area contributed by atoms with E-state index in [2.05, 4.69) is 20.8 Å². The maximum absolute atomic E-state index is 12.1. The first-order chi connectivity index (χ1) is 14.2. The van der Waals surface area contributed by atoms with E-state index in [1.807, 2.05) is 41.8 Å². The molecular formula is C21H22N4O3S. The van der Waals surface area contributed by atoms with E-state index in [9.17, 15) is 9.59 Å². The lowest BCUT2D eigenvalue weighted by Crippen LogP contribution is -2.22. The Kier molecular flexibility index (Phi) is 6.00. The number of carbonyl (C=O) groups excluding carboxylic acids is 2. The molecule has 2 N–H and O–H groups in total. The van der Waals surface area contributed by atoms with Crippen LogP contribution in [0.3, 0.4) is 0 Å². The fourth-order valence-electron chi connectivity index (χ4n) is 2.90. The van der Waals surface area contributed by atoms with Crippen LogP contribution in [-0.2, 0) is 22.6 Å². The second kappa shape index (κ2) is 9.00. The molecule has 0 radical (unpaired) electrons. The zero-order chi connectivity index (χ0) is 20.1. The Morgan fingerprint density at radius 1 is 1.21 bits per heavy atom. The minimum Gasteiger partial charge on any atom is -0.352 e. The molecule has 0 bridgehead atoms. The fourth-order valence-corrected chi connectivity index (χ4v) is 3.55. The highest BCUT2D eigenvalue weighted by molar-refractivity contribution is 7.13. The van der Waals surface area contributed by atoms with Crippen molar-refractivity contribution >= 4 is 28.8 Å². The van der Waals surface area contributed by atoms with Gasteiger partial charge >= 0.3 is 0 Å². The predicted octanol–water partition coefficient (Wildman–Crippen LogP) is 3.79. The summed E-state index contributed by atoms with van der Waals surface area (Å²) < 4.78 is 5.24. The van der Waals surface area contributed by atoms with Gasteiger partial charge in [0.05, 0.1) is 4.88 Å². The third-order valence-electron chi connectivity index (χ3n) is 4.64. The molecule has 0 unspecified atom stereocenters. The zero-order valence-corrected chi connectivity index (χ0v) is 16.7. The molecule has 29 heavy (non-hydrogen) atoms. The van der Waals surface area contributed by atoms with E-state index < -0.39 is 0 Å². The molecule has 7 nitrogen and oxygen atoms in total. The van der Waals surface area contributed by atoms with Gasteiger partial charge in [-0.25, -0.2) is 0 Å². The molecule has 150 valence electrons. The molecular weight excluding hydrogens is 388 g/mol. The average Bonchev–Trinajstić information content (AvgIpc) is 3.23. The third-order valence-corrected chi connectivity index (χ3v) is 5.50. The van der Waals surface area contributed by atoms with Crippen molar-refractivity contribution in [3.05, 3.63) is 53.2 Å². The number of benzene rings is 1. The van der Waals surface area contributed by atoms with Crippen molar-refractivity contribution in [2.75, 3.05) is 5.32 Å². The number of carbonyl (C=O) groups is 2. The van der Waals surface area contributed by atoms with Crippen LogP contribution in [0.5, 0.6) is 0 Å². The number of amides is 2. The zero-order valence-electron chi connectivity index (χ0n) is 15.9. The van der Waals surface area contributed by atoms with Gasteiger partial charge in [0.1, 0.15) is 0 Å². The molecule has 3 aromatic rings. The van der Waals surface area contributed by atoms with Crippen LogP contribution >= 0.6 is 11.3 Å². The molecule has 0 saturated heterocycles. The summed E-state index contributed by atoms with van der Waals surface area (Å²) in [5.41, 5.74) is 1.72. The minimum atomic E-state index is -0.0320. The SMILES string of the molecule is O=C(CCCc1nc(-c2cccs2)no1)NCc1cccc(NC(=O)C2CC2)c1. The first kappa shape index (κ1) is 19.3. The van der Waals surface area contributed by atoms with Crippen molar-refractivity contribution in [3.8, 4) is 10.7 Å². The molecule has 1 aromatic carbocycles. The molecule has 2 aromatic heterocycles. The van der Waals surface area contributed by atoms with Gasteiger partial charge in [-0.2, -0.15) is 4.98 Å². The number of nitrogens with zero attached hydrogens (tertiary/aromatic N) is 2. The van der Waals surface area contributed by atoms with Crippen LogP contribution in [0.25, 0.3) is 10.7 Å². The molecule has 0 atom stereocenters. The van der Waals surface area contributed by atoms with Gasteiger partial charge in [0.15, 0.2) is 0 Å². The lowest BCUT2D eigenvalue weighted by Gasteiger charge is -2.08. The summed E-state index contributed by atoms with van der Waals surface area (Å²) in [6.45, 7) is 0.426. The summed E-state index contributed by atoms with van der Waals surface area (Å²) in [6, 6.07) is 11.4. The fraction of sp³-hybridized carbons (Fsp3) is 0.333. The Morgan fingerprint density at radius 2 is 2.10 bits per heavy atom. The highest BCUT2D eigenvalue weighted by Gasteiger charge is 2.29. The van der Waals surface area contributed by atoms with E-state index >= 15 is 0 Å². The van der Waals surface area contributed by atoms with Gasteiger partial charge in [-0.05, 0) is 48.4 Å². The monoisotopic (exact) mass is 410 g/mol. The van der Waals surface area contributed by atoms with Crippen LogP contribution in [0.4, 0.5) is 5.69 Å². The second-order valence-electron chi connectivity index (χ2n) is 7.08. The molecule has 2 amide bonds. The number of aryl methyl sites for hydroxylation is 1. The number of anilines is 1. The minimum absolute atomic E-state index is 0.0320. The Morgan fingerprint density at radius 3 is 2.90 bits per heavy atom. The van der Waals surface area contributed by atoms with E-state index in [-0.39, 0.29) is 17.7 Å². The lowest BCUT2D eigenvalue weighted by molar-refractivity contribution is -0.121. The summed E-state index contributed by atoms with van der Waals surface area (Å²) >= 11 is 1.56. The summed E-state index contributed by atoms with van der Waals surface area (Å²) in [5.74, 6) is 1.34. The lowest BCUT2D eigenvalue weighted by atomic mass is 10.2. The molecule has 2 heterocycles. The van der Waals surface area contributed by atoms with Crippen molar-refractivity contribution in [2.24, 2.45) is 5.92 Å². The summed E-state index contributed by atoms with van der Waals surface area (Å²) in [7, 11) is 0. The Balaban J connectivity index is 1.19. The van der Waals surface area contributed by atoms with Crippen molar-refractivity contribution in [1.82, 2.24) is 15.5 Å². The molecule has 1 aliphatic carbocycles. The van der Waals surface area contributed by atoms with Gasteiger partial charge in [0.25, 0.3) is 0 Å². The first-order valence-corrected chi connectivity index (χ1v) is 10.6. The van der Waals surface area contributed by atoms with Crippen LogP contribution in [0.1, 0.15) is 37.1 Å². The maximum atomic E-state index is 12.1. The van der Waals surface area contributed by atoms with Gasteiger partial charge in [-0.1, -0.05) is 23.4 Å². The van der Waals surface area contributed by atoms with Crippen LogP contribution in [0, 0.1) is 5.92 Å². The maximum Gasteiger partial charge on any atom is 0.227 e. The smallest absolute Gasteiger partial charge is 0.227 e. The summed E-state index contributed by atoms with van der Waals surface area (Å²) in [6.07, 6.45) is 3.53. The van der Waals surface area contributed by atoms with Crippen LogP contribution in [0.2, 0.25) is 0 Å². The van der Waals surface area contributed by atoms with Crippen LogP contribution in [0.15, 0.2) is 46.3 Å². The summed E-state index contributed by atoms with van der Waals surface area (Å²) in [5, 5.41) is 11.8. The van der Waals surface area contributed by atoms with Crippen molar-refractivity contribution in [1.29, 1.82) is 0 Å². The second-order valence-corrected chi connectivity index (χ2v) is 8.03. The van der Waals surface area contributed by atoms with Crippen molar-refractivity contribution in [3.63, 3.8) is 0 Å². The number of aromatic nitrogens is 2. The van der Waals surface area contributed by atoms with Crippen molar-refractivity contribution in [2.45, 2.75) is 38.6 Å². The highest BCUT2D eigenvalue weighted by Crippen LogP contribution is 2.30. The van der Waals surface area contributed by atoms with E-state index in [0.717, 1.165) is 29.0 Å². The normalized spacial score (nSPS) is 13.2. The molecule has 1 aliphatic rings. The van der Waals surface area contributed by atoms with Crippen LogP contribution < -0.4 is 10.6 Å². The predicted molar refractivity (Wildman–Crippen MR) is 110 cm³/mol. The Labute approximate surface area is 172 Å². The van der Waals surface area contributed by atoms with E-state index in [1.165, 1.54) is 0 Å². The molecule has 8 heteroatoms. The van der Waals surface area contributed by atoms with E-state index in [1.54, 1.807) is 11.3 Å². The molecule has 1 fully saturated rings. The van der Waals surface area contributed by atoms with Gasteiger partial charge in [0.2, 0.25) is 23.5 Å². The third kappa shape index (κ3) is 5.51. The Hall–Kier alpha value is -3.00. The van der Waals surface area contributed by atoms with Gasteiger partial charge in [0, 0.05) is 31.0 Å². The highest BCUT2D eigenvalue weighted by atomic mass is 32.1. The van der Waals surface area contributed by atoms with Crippen molar-refractivity contribution < 1.29 is 14.1 Å². The quantitative estimate of drug-likeness (QED) is 0.559. The molecule has 0 aliphatic heterocycles. The molecule has 0 spiro atoms. The average molecular weight is 410 g/mol. The first-order valence-electron chi connectivity index (χ1n) is 9.70. The van der Waals surface area contributed by atoms with E-state index in [4.69, 9.17) is 4.52 Å². The number of hydrogen-bond acceptors (Lipinski definition) is 6. The van der Waals surface area contributed by atoms with Gasteiger partial charge in [-0.3, -0.25) is 9.59 Å². The van der Waals surface area contributed by atoms with E-state index in [0.29, 0.717) is 37.5 Å². The molecule has 1 saturated carbocycles. The number of hydrogen-bond donors (Lipinski definition) is 2. The van der Waals surface area contributed by atoms with Crippen LogP contribution in [-0.4, -0.2) is 22.0 Å². The molecule has 4 rings (SSSR count). The van der Waals surface area contributed by atoms with Gasteiger partial charge in [-0.15, -0.1) is 11.3 Å². The Bertz CT molecular complexity index is 979. The topological polar surface area (TPSA) is 97.1 Å². The number of rotatable bonds is 9.